The van der Waals surface area contributed by atoms with Crippen LogP contribution < -0.4 is 16.4 Å². The lowest BCUT2D eigenvalue weighted by Crippen LogP contribution is -2.45. The molecule has 1 aromatic rings. The van der Waals surface area contributed by atoms with E-state index in [9.17, 15) is 9.59 Å². The first-order chi connectivity index (χ1) is 8.67. The molecule has 0 bridgehead atoms. The number of carbonyl (C=O) groups excluding carboxylic acids is 2. The molecule has 0 spiro atoms. The third-order valence-corrected chi connectivity index (χ3v) is 2.19. The predicted molar refractivity (Wildman–Crippen MR) is 73.9 cm³/mol. The maximum atomic E-state index is 11.8. The summed E-state index contributed by atoms with van der Waals surface area (Å²) in [4.78, 5) is 27.1. The second-order valence-corrected chi connectivity index (χ2v) is 5.47. The van der Waals surface area contributed by atoms with E-state index in [1.807, 2.05) is 20.8 Å². The van der Waals surface area contributed by atoms with Gasteiger partial charge in [-0.1, -0.05) is 11.6 Å². The van der Waals surface area contributed by atoms with E-state index in [-0.39, 0.29) is 34.5 Å². The fourth-order valence-corrected chi connectivity index (χ4v) is 1.59. The molecule has 1 heterocycles. The predicted octanol–water partition coefficient (Wildman–Crippen LogP) is 0.962. The Bertz CT molecular complexity index is 477. The molecule has 0 saturated carbocycles. The number of amides is 2. The van der Waals surface area contributed by atoms with Crippen LogP contribution in [0, 0.1) is 0 Å². The Hall–Kier alpha value is -1.82. The van der Waals surface area contributed by atoms with Gasteiger partial charge < -0.3 is 16.4 Å². The van der Waals surface area contributed by atoms with Crippen molar-refractivity contribution in [3.05, 3.63) is 22.8 Å². The van der Waals surface area contributed by atoms with Gasteiger partial charge >= 0.3 is 0 Å². The van der Waals surface area contributed by atoms with Crippen LogP contribution in [0.3, 0.4) is 0 Å². The standard InChI is InChI=1S/C12H17ClN4O2/c1-12(2,3)17-10(18)6-15-11(19)7-4-8(13)16-9(14)5-7/h4-5H,6H2,1-3H3,(H2,14,16)(H,15,19)(H,17,18). The molecule has 0 unspecified atom stereocenters. The number of nitrogens with zero attached hydrogens (tertiary/aromatic N) is 1. The Morgan fingerprint density at radius 1 is 1.37 bits per heavy atom. The van der Waals surface area contributed by atoms with Crippen molar-refractivity contribution in [1.29, 1.82) is 0 Å². The quantitative estimate of drug-likeness (QED) is 0.720. The van der Waals surface area contributed by atoms with Crippen LogP contribution in [-0.4, -0.2) is 28.9 Å². The van der Waals surface area contributed by atoms with Crippen molar-refractivity contribution in [3.8, 4) is 0 Å². The van der Waals surface area contributed by atoms with Gasteiger partial charge in [-0.15, -0.1) is 0 Å². The zero-order valence-corrected chi connectivity index (χ0v) is 11.8. The van der Waals surface area contributed by atoms with Crippen LogP contribution in [0.2, 0.25) is 5.15 Å². The number of carbonyl (C=O) groups is 2. The molecule has 4 N–H and O–H groups in total. The van der Waals surface area contributed by atoms with Crippen LogP contribution in [0.1, 0.15) is 31.1 Å². The third kappa shape index (κ3) is 5.56. The van der Waals surface area contributed by atoms with Crippen molar-refractivity contribution in [3.63, 3.8) is 0 Å². The van der Waals surface area contributed by atoms with Gasteiger partial charge in [0.15, 0.2) is 0 Å². The summed E-state index contributed by atoms with van der Waals surface area (Å²) >= 11 is 5.69. The van der Waals surface area contributed by atoms with Crippen molar-refractivity contribution in [1.82, 2.24) is 15.6 Å². The van der Waals surface area contributed by atoms with E-state index in [0.29, 0.717) is 0 Å². The van der Waals surface area contributed by atoms with Crippen LogP contribution in [0.4, 0.5) is 5.82 Å². The Morgan fingerprint density at radius 3 is 2.53 bits per heavy atom. The molecule has 2 amide bonds. The van der Waals surface area contributed by atoms with Gasteiger partial charge in [0.05, 0.1) is 6.54 Å². The molecule has 104 valence electrons. The minimum atomic E-state index is -0.431. The van der Waals surface area contributed by atoms with Gasteiger partial charge in [0.2, 0.25) is 5.91 Å². The molecular formula is C12H17ClN4O2. The molecule has 0 saturated heterocycles. The highest BCUT2D eigenvalue weighted by atomic mass is 35.5. The van der Waals surface area contributed by atoms with E-state index in [1.165, 1.54) is 12.1 Å². The second kappa shape index (κ2) is 5.88. The maximum absolute atomic E-state index is 11.8. The monoisotopic (exact) mass is 284 g/mol. The number of nitrogen functional groups attached to an aromatic ring is 1. The van der Waals surface area contributed by atoms with E-state index in [1.54, 1.807) is 0 Å². The molecule has 0 aliphatic rings. The molecule has 0 aliphatic carbocycles. The van der Waals surface area contributed by atoms with Crippen molar-refractivity contribution >= 4 is 29.2 Å². The number of nitrogens with one attached hydrogen (secondary N) is 2. The summed E-state index contributed by atoms with van der Waals surface area (Å²) in [6.07, 6.45) is 0. The number of nitrogens with two attached hydrogens (primary N) is 1. The van der Waals surface area contributed by atoms with Crippen LogP contribution in [0.15, 0.2) is 12.1 Å². The summed E-state index contributed by atoms with van der Waals surface area (Å²) in [5, 5.41) is 5.34. The third-order valence-electron chi connectivity index (χ3n) is 2.00. The highest BCUT2D eigenvalue weighted by molar-refractivity contribution is 6.29. The average Bonchev–Trinajstić information content (AvgIpc) is 2.22. The van der Waals surface area contributed by atoms with E-state index < -0.39 is 5.91 Å². The van der Waals surface area contributed by atoms with Crippen LogP contribution in [0.5, 0.6) is 0 Å². The molecule has 7 heteroatoms. The molecule has 0 aromatic carbocycles. The Balaban J connectivity index is 2.58. The van der Waals surface area contributed by atoms with E-state index in [2.05, 4.69) is 15.6 Å². The number of rotatable bonds is 3. The molecule has 0 atom stereocenters. The summed E-state index contributed by atoms with van der Waals surface area (Å²) in [7, 11) is 0. The molecule has 1 rings (SSSR count). The summed E-state index contributed by atoms with van der Waals surface area (Å²) in [6, 6.07) is 2.78. The second-order valence-electron chi connectivity index (χ2n) is 5.08. The van der Waals surface area contributed by atoms with Crippen molar-refractivity contribution in [2.45, 2.75) is 26.3 Å². The summed E-state index contributed by atoms with van der Waals surface area (Å²) in [6.45, 7) is 5.46. The molecular weight excluding hydrogens is 268 g/mol. The first kappa shape index (κ1) is 15.2. The molecule has 1 aromatic heterocycles. The highest BCUT2D eigenvalue weighted by Crippen LogP contribution is 2.11. The Kier molecular flexibility index (Phi) is 4.72. The SMILES string of the molecule is CC(C)(C)NC(=O)CNC(=O)c1cc(N)nc(Cl)c1. The van der Waals surface area contributed by atoms with E-state index in [0.717, 1.165) is 0 Å². The van der Waals surface area contributed by atoms with Crippen LogP contribution in [0.25, 0.3) is 0 Å². The van der Waals surface area contributed by atoms with Crippen molar-refractivity contribution in [2.75, 3.05) is 12.3 Å². The number of anilines is 1. The average molecular weight is 285 g/mol. The minimum Gasteiger partial charge on any atom is -0.384 e. The van der Waals surface area contributed by atoms with Crippen molar-refractivity contribution < 1.29 is 9.59 Å². The molecule has 0 radical (unpaired) electrons. The van der Waals surface area contributed by atoms with Gasteiger partial charge in [-0.25, -0.2) is 4.98 Å². The van der Waals surface area contributed by atoms with E-state index >= 15 is 0 Å². The van der Waals surface area contributed by atoms with Gasteiger partial charge in [0, 0.05) is 11.1 Å². The largest absolute Gasteiger partial charge is 0.384 e. The lowest BCUT2D eigenvalue weighted by Gasteiger charge is -2.20. The van der Waals surface area contributed by atoms with Crippen LogP contribution in [-0.2, 0) is 4.79 Å². The van der Waals surface area contributed by atoms with E-state index in [4.69, 9.17) is 17.3 Å². The first-order valence-electron chi connectivity index (χ1n) is 5.69. The van der Waals surface area contributed by atoms with Crippen molar-refractivity contribution in [2.24, 2.45) is 0 Å². The Morgan fingerprint density at radius 2 is 2.00 bits per heavy atom. The normalized spacial score (nSPS) is 10.9. The smallest absolute Gasteiger partial charge is 0.251 e. The summed E-state index contributed by atoms with van der Waals surface area (Å²) in [5.74, 6) is -0.550. The first-order valence-corrected chi connectivity index (χ1v) is 6.07. The number of aromatic nitrogens is 1. The zero-order valence-electron chi connectivity index (χ0n) is 11.1. The molecule has 6 nitrogen and oxygen atoms in total. The minimum absolute atomic E-state index is 0.115. The molecule has 0 fully saturated rings. The molecule has 19 heavy (non-hydrogen) atoms. The number of pyridine rings is 1. The summed E-state index contributed by atoms with van der Waals surface area (Å²) < 4.78 is 0. The lowest BCUT2D eigenvalue weighted by molar-refractivity contribution is -0.121. The van der Waals surface area contributed by atoms with Gasteiger partial charge in [-0.2, -0.15) is 0 Å². The topological polar surface area (TPSA) is 97.1 Å². The number of hydrogen-bond acceptors (Lipinski definition) is 4. The van der Waals surface area contributed by atoms with Gasteiger partial charge in [0.1, 0.15) is 11.0 Å². The van der Waals surface area contributed by atoms with Gasteiger partial charge in [-0.3, -0.25) is 9.59 Å². The Labute approximate surface area is 116 Å². The van der Waals surface area contributed by atoms with Gasteiger partial charge in [0.25, 0.3) is 5.91 Å². The fourth-order valence-electron chi connectivity index (χ4n) is 1.37. The zero-order chi connectivity index (χ0) is 14.6. The number of halogens is 1. The molecule has 0 aliphatic heterocycles. The fraction of sp³-hybridized carbons (Fsp3) is 0.417. The van der Waals surface area contributed by atoms with Gasteiger partial charge in [-0.05, 0) is 32.9 Å². The van der Waals surface area contributed by atoms with Crippen LogP contribution >= 0.6 is 11.6 Å². The highest BCUT2D eigenvalue weighted by Gasteiger charge is 2.15. The lowest BCUT2D eigenvalue weighted by atomic mass is 10.1. The number of hydrogen-bond donors (Lipinski definition) is 3. The summed E-state index contributed by atoms with van der Waals surface area (Å²) in [5.41, 5.74) is 5.41. The maximum Gasteiger partial charge on any atom is 0.251 e.